The van der Waals surface area contributed by atoms with Crippen molar-refractivity contribution in [3.63, 3.8) is 0 Å². The summed E-state index contributed by atoms with van der Waals surface area (Å²) in [6, 6.07) is 2.53. The van der Waals surface area contributed by atoms with Gasteiger partial charge in [-0.15, -0.1) is 0 Å². The van der Waals surface area contributed by atoms with Crippen LogP contribution in [0.25, 0.3) is 0 Å². The third kappa shape index (κ3) is 4.48. The fourth-order valence-corrected chi connectivity index (χ4v) is 1.77. The Bertz CT molecular complexity index is 333. The van der Waals surface area contributed by atoms with Gasteiger partial charge in [0, 0.05) is 18.3 Å². The van der Waals surface area contributed by atoms with Crippen LogP contribution in [-0.4, -0.2) is 33.6 Å². The quantitative estimate of drug-likeness (QED) is 0.755. The van der Waals surface area contributed by atoms with Gasteiger partial charge >= 0.3 is 0 Å². The van der Waals surface area contributed by atoms with E-state index < -0.39 is 0 Å². The molecule has 0 aliphatic heterocycles. The van der Waals surface area contributed by atoms with Gasteiger partial charge in [0.2, 0.25) is 0 Å². The lowest BCUT2D eigenvalue weighted by Crippen LogP contribution is -2.34. The first-order valence-electron chi connectivity index (χ1n) is 6.53. The van der Waals surface area contributed by atoms with Crippen LogP contribution in [0, 0.1) is 0 Å². The average molecular weight is 239 g/mol. The van der Waals surface area contributed by atoms with E-state index in [-0.39, 0.29) is 6.10 Å². The predicted molar refractivity (Wildman–Crippen MR) is 70.1 cm³/mol. The Balaban J connectivity index is 2.57. The molecule has 0 saturated heterocycles. The molecule has 17 heavy (non-hydrogen) atoms. The highest BCUT2D eigenvalue weighted by molar-refractivity contribution is 5.10. The summed E-state index contributed by atoms with van der Waals surface area (Å²) in [6.45, 7) is 9.56. The second-order valence-electron chi connectivity index (χ2n) is 4.73. The lowest BCUT2D eigenvalue weighted by Gasteiger charge is -2.15. The Labute approximate surface area is 104 Å². The second kappa shape index (κ2) is 6.77. The Kier molecular flexibility index (Phi) is 5.65. The first kappa shape index (κ1) is 14.2. The number of aliphatic hydroxyl groups is 1. The van der Waals surface area contributed by atoms with Crippen LogP contribution in [0.15, 0.2) is 6.07 Å². The van der Waals surface area contributed by atoms with Crippen molar-refractivity contribution >= 4 is 0 Å². The number of hydrogen-bond acceptors (Lipinski definition) is 3. The van der Waals surface area contributed by atoms with Crippen molar-refractivity contribution in [1.29, 1.82) is 0 Å². The summed E-state index contributed by atoms with van der Waals surface area (Å²) in [5.74, 6) is 0. The summed E-state index contributed by atoms with van der Waals surface area (Å²) in [4.78, 5) is 0. The summed E-state index contributed by atoms with van der Waals surface area (Å²) in [5, 5.41) is 17.7. The molecule has 0 spiro atoms. The minimum absolute atomic E-state index is 0.382. The summed E-state index contributed by atoms with van der Waals surface area (Å²) >= 11 is 0. The van der Waals surface area contributed by atoms with Crippen LogP contribution in [0.1, 0.15) is 39.1 Å². The molecule has 0 radical (unpaired) electrons. The zero-order chi connectivity index (χ0) is 12.8. The molecule has 98 valence electrons. The minimum atomic E-state index is -0.382. The van der Waals surface area contributed by atoms with Gasteiger partial charge in [-0.3, -0.25) is 4.68 Å². The van der Waals surface area contributed by atoms with Gasteiger partial charge in [-0.25, -0.2) is 0 Å². The van der Waals surface area contributed by atoms with Crippen LogP contribution in [0.2, 0.25) is 0 Å². The number of aryl methyl sites for hydroxylation is 2. The molecule has 1 aromatic rings. The van der Waals surface area contributed by atoms with Crippen molar-refractivity contribution in [3.05, 3.63) is 17.5 Å². The van der Waals surface area contributed by atoms with Crippen LogP contribution in [0.5, 0.6) is 0 Å². The molecule has 4 heteroatoms. The van der Waals surface area contributed by atoms with E-state index >= 15 is 0 Å². The molecule has 0 bridgehead atoms. The van der Waals surface area contributed by atoms with E-state index in [0.29, 0.717) is 19.1 Å². The van der Waals surface area contributed by atoms with E-state index in [1.807, 2.05) is 4.68 Å². The van der Waals surface area contributed by atoms with E-state index in [1.54, 1.807) is 0 Å². The van der Waals surface area contributed by atoms with Gasteiger partial charge in [-0.1, -0.05) is 27.7 Å². The van der Waals surface area contributed by atoms with Gasteiger partial charge < -0.3 is 10.4 Å². The van der Waals surface area contributed by atoms with Crippen molar-refractivity contribution < 1.29 is 5.11 Å². The van der Waals surface area contributed by atoms with Crippen LogP contribution in [-0.2, 0) is 19.4 Å². The molecule has 0 aliphatic carbocycles. The fraction of sp³-hybridized carbons (Fsp3) is 0.769. The van der Waals surface area contributed by atoms with Gasteiger partial charge in [-0.05, 0) is 18.9 Å². The summed E-state index contributed by atoms with van der Waals surface area (Å²) in [5.41, 5.74) is 2.30. The van der Waals surface area contributed by atoms with E-state index in [4.69, 9.17) is 0 Å². The van der Waals surface area contributed by atoms with Crippen LogP contribution >= 0.6 is 0 Å². The molecule has 1 atom stereocenters. The third-order valence-electron chi connectivity index (χ3n) is 2.78. The maximum absolute atomic E-state index is 9.93. The molecule has 1 heterocycles. The topological polar surface area (TPSA) is 50.1 Å². The number of aliphatic hydroxyl groups excluding tert-OH is 1. The van der Waals surface area contributed by atoms with Gasteiger partial charge in [0.1, 0.15) is 0 Å². The standard InChI is InChI=1S/C13H25N3O/c1-5-11-7-12(6-2)16(15-11)9-13(17)8-14-10(3)4/h7,10,13-14,17H,5-6,8-9H2,1-4H3. The van der Waals surface area contributed by atoms with Crippen molar-refractivity contribution in [1.82, 2.24) is 15.1 Å². The molecule has 0 amide bonds. The highest BCUT2D eigenvalue weighted by Gasteiger charge is 2.10. The Hall–Kier alpha value is -0.870. The van der Waals surface area contributed by atoms with Gasteiger partial charge in [0.25, 0.3) is 0 Å². The van der Waals surface area contributed by atoms with Gasteiger partial charge in [-0.2, -0.15) is 5.10 Å². The maximum Gasteiger partial charge on any atom is 0.0860 e. The van der Waals surface area contributed by atoms with E-state index in [2.05, 4.69) is 44.2 Å². The molecular formula is C13H25N3O. The van der Waals surface area contributed by atoms with E-state index in [1.165, 1.54) is 5.69 Å². The first-order chi connectivity index (χ1) is 8.06. The van der Waals surface area contributed by atoms with Crippen molar-refractivity contribution in [2.75, 3.05) is 6.54 Å². The Morgan fingerprint density at radius 1 is 1.35 bits per heavy atom. The van der Waals surface area contributed by atoms with Gasteiger partial charge in [0.05, 0.1) is 18.3 Å². The van der Waals surface area contributed by atoms with E-state index in [0.717, 1.165) is 18.5 Å². The molecule has 0 aliphatic rings. The predicted octanol–water partition coefficient (Wildman–Crippen LogP) is 1.37. The normalized spacial score (nSPS) is 13.3. The fourth-order valence-electron chi connectivity index (χ4n) is 1.77. The van der Waals surface area contributed by atoms with Crippen molar-refractivity contribution in [3.8, 4) is 0 Å². The number of hydrogen-bond donors (Lipinski definition) is 2. The minimum Gasteiger partial charge on any atom is -0.390 e. The number of aromatic nitrogens is 2. The molecule has 1 rings (SSSR count). The summed E-state index contributed by atoms with van der Waals surface area (Å²) in [7, 11) is 0. The highest BCUT2D eigenvalue weighted by atomic mass is 16.3. The number of rotatable bonds is 7. The summed E-state index contributed by atoms with van der Waals surface area (Å²) < 4.78 is 1.94. The van der Waals surface area contributed by atoms with Crippen molar-refractivity contribution in [2.24, 2.45) is 0 Å². The lowest BCUT2D eigenvalue weighted by molar-refractivity contribution is 0.143. The zero-order valence-corrected chi connectivity index (χ0v) is 11.4. The smallest absolute Gasteiger partial charge is 0.0860 e. The number of nitrogens with zero attached hydrogens (tertiary/aromatic N) is 2. The molecule has 1 aromatic heterocycles. The first-order valence-corrected chi connectivity index (χ1v) is 6.53. The molecular weight excluding hydrogens is 214 g/mol. The molecule has 0 fully saturated rings. The summed E-state index contributed by atoms with van der Waals surface area (Å²) in [6.07, 6.45) is 1.52. The van der Waals surface area contributed by atoms with Crippen LogP contribution < -0.4 is 5.32 Å². The second-order valence-corrected chi connectivity index (χ2v) is 4.73. The average Bonchev–Trinajstić information content (AvgIpc) is 2.68. The van der Waals surface area contributed by atoms with Crippen LogP contribution in [0.3, 0.4) is 0 Å². The van der Waals surface area contributed by atoms with Crippen LogP contribution in [0.4, 0.5) is 0 Å². The molecule has 2 N–H and O–H groups in total. The molecule has 0 saturated carbocycles. The Morgan fingerprint density at radius 2 is 2.06 bits per heavy atom. The lowest BCUT2D eigenvalue weighted by atomic mass is 10.2. The monoisotopic (exact) mass is 239 g/mol. The molecule has 4 nitrogen and oxygen atoms in total. The van der Waals surface area contributed by atoms with Crippen molar-refractivity contribution in [2.45, 2.75) is 59.2 Å². The number of nitrogens with one attached hydrogen (secondary N) is 1. The maximum atomic E-state index is 9.93. The Morgan fingerprint density at radius 3 is 2.59 bits per heavy atom. The van der Waals surface area contributed by atoms with Gasteiger partial charge in [0.15, 0.2) is 0 Å². The molecule has 1 unspecified atom stereocenters. The highest BCUT2D eigenvalue weighted by Crippen LogP contribution is 2.07. The zero-order valence-electron chi connectivity index (χ0n) is 11.4. The largest absolute Gasteiger partial charge is 0.390 e. The third-order valence-corrected chi connectivity index (χ3v) is 2.78. The molecule has 0 aromatic carbocycles. The SMILES string of the molecule is CCc1cc(CC)n(CC(O)CNC(C)C)n1. The van der Waals surface area contributed by atoms with E-state index in [9.17, 15) is 5.11 Å².